The molecule has 2 heterocycles. The van der Waals surface area contributed by atoms with Gasteiger partial charge in [0.25, 0.3) is 0 Å². The van der Waals surface area contributed by atoms with Crippen LogP contribution in [-0.2, 0) is 9.59 Å². The first kappa shape index (κ1) is 9.97. The van der Waals surface area contributed by atoms with Crippen LogP contribution in [0, 0.1) is 5.92 Å². The lowest BCUT2D eigenvalue weighted by Gasteiger charge is -2.13. The van der Waals surface area contributed by atoms with Gasteiger partial charge in [-0.1, -0.05) is 11.6 Å². The van der Waals surface area contributed by atoms with E-state index in [0.29, 0.717) is 5.69 Å². The molecule has 1 fully saturated rings. The number of H-pyrrole nitrogens is 1. The largest absolute Gasteiger partial charge is 0.369 e. The van der Waals surface area contributed by atoms with Gasteiger partial charge in [0.15, 0.2) is 0 Å². The highest BCUT2D eigenvalue weighted by Crippen LogP contribution is 2.29. The number of carbonyl (C=O) groups excluding carboxylic acids is 2. The fourth-order valence-corrected chi connectivity index (χ4v) is 1.78. The van der Waals surface area contributed by atoms with Crippen LogP contribution in [0.2, 0.25) is 5.15 Å². The Morgan fingerprint density at radius 3 is 2.93 bits per heavy atom. The molecule has 1 aromatic heterocycles. The number of amides is 2. The zero-order valence-electron chi connectivity index (χ0n) is 7.74. The molecule has 2 rings (SSSR count). The third-order valence-electron chi connectivity index (χ3n) is 2.39. The summed E-state index contributed by atoms with van der Waals surface area (Å²) in [6.07, 6.45) is 1.58. The lowest BCUT2D eigenvalue weighted by molar-refractivity contribution is -0.123. The van der Waals surface area contributed by atoms with E-state index in [1.165, 1.54) is 11.1 Å². The first-order valence-corrected chi connectivity index (χ1v) is 4.76. The Hall–Kier alpha value is -1.56. The van der Waals surface area contributed by atoms with Gasteiger partial charge in [-0.25, -0.2) is 0 Å². The van der Waals surface area contributed by atoms with E-state index in [1.54, 1.807) is 0 Å². The van der Waals surface area contributed by atoms with E-state index in [2.05, 4.69) is 10.2 Å². The number of hydrogen-bond donors (Lipinski definition) is 2. The van der Waals surface area contributed by atoms with Crippen molar-refractivity contribution in [2.45, 2.75) is 6.42 Å². The van der Waals surface area contributed by atoms with Crippen molar-refractivity contribution in [2.24, 2.45) is 11.7 Å². The van der Waals surface area contributed by atoms with Gasteiger partial charge in [-0.2, -0.15) is 5.10 Å². The Balaban J connectivity index is 2.22. The number of rotatable bonds is 2. The molecule has 0 bridgehead atoms. The second kappa shape index (κ2) is 3.54. The molecule has 0 aliphatic carbocycles. The second-order valence-electron chi connectivity index (χ2n) is 3.38. The molecule has 0 spiro atoms. The van der Waals surface area contributed by atoms with Gasteiger partial charge in [0.1, 0.15) is 10.8 Å². The van der Waals surface area contributed by atoms with E-state index in [9.17, 15) is 9.59 Å². The summed E-state index contributed by atoms with van der Waals surface area (Å²) < 4.78 is 0. The summed E-state index contributed by atoms with van der Waals surface area (Å²) >= 11 is 5.78. The van der Waals surface area contributed by atoms with E-state index in [0.717, 1.165) is 0 Å². The summed E-state index contributed by atoms with van der Waals surface area (Å²) in [6, 6.07) is 0. The van der Waals surface area contributed by atoms with Crippen molar-refractivity contribution in [1.29, 1.82) is 0 Å². The number of primary amides is 1. The number of carbonyl (C=O) groups is 2. The van der Waals surface area contributed by atoms with E-state index < -0.39 is 11.8 Å². The van der Waals surface area contributed by atoms with E-state index in [4.69, 9.17) is 17.3 Å². The van der Waals surface area contributed by atoms with Crippen LogP contribution in [0.3, 0.4) is 0 Å². The number of hydrogen-bond acceptors (Lipinski definition) is 3. The molecule has 1 unspecified atom stereocenters. The molecule has 0 saturated carbocycles. The normalized spacial score (nSPS) is 21.0. The summed E-state index contributed by atoms with van der Waals surface area (Å²) in [6.45, 7) is 0.271. The molecular formula is C8H9ClN4O2. The van der Waals surface area contributed by atoms with Crippen molar-refractivity contribution in [3.63, 3.8) is 0 Å². The van der Waals surface area contributed by atoms with Gasteiger partial charge in [0, 0.05) is 13.0 Å². The van der Waals surface area contributed by atoms with Crippen LogP contribution in [0.4, 0.5) is 5.69 Å². The zero-order valence-corrected chi connectivity index (χ0v) is 8.49. The van der Waals surface area contributed by atoms with Gasteiger partial charge in [0.05, 0.1) is 12.1 Å². The predicted molar refractivity (Wildman–Crippen MR) is 53.3 cm³/mol. The van der Waals surface area contributed by atoms with E-state index in [1.807, 2.05) is 0 Å². The van der Waals surface area contributed by atoms with Crippen LogP contribution in [0.5, 0.6) is 0 Å². The highest BCUT2D eigenvalue weighted by molar-refractivity contribution is 6.32. The minimum atomic E-state index is -0.467. The van der Waals surface area contributed by atoms with Gasteiger partial charge >= 0.3 is 0 Å². The van der Waals surface area contributed by atoms with Crippen LogP contribution in [-0.4, -0.2) is 28.6 Å². The molecule has 3 N–H and O–H groups in total. The molecule has 1 atom stereocenters. The number of aromatic nitrogens is 2. The fourth-order valence-electron chi connectivity index (χ4n) is 1.58. The SMILES string of the molecule is NC(=O)C1CC(=O)N(c2cn[nH]c2Cl)C1. The molecule has 80 valence electrons. The third-order valence-corrected chi connectivity index (χ3v) is 2.67. The monoisotopic (exact) mass is 228 g/mol. The highest BCUT2D eigenvalue weighted by Gasteiger charge is 2.35. The Morgan fingerprint density at radius 1 is 1.73 bits per heavy atom. The molecule has 1 aliphatic heterocycles. The second-order valence-corrected chi connectivity index (χ2v) is 3.75. The minimum absolute atomic E-state index is 0.136. The summed E-state index contributed by atoms with van der Waals surface area (Å²) in [5.41, 5.74) is 5.63. The molecule has 1 aromatic rings. The smallest absolute Gasteiger partial charge is 0.228 e. The molecule has 15 heavy (non-hydrogen) atoms. The van der Waals surface area contributed by atoms with Crippen LogP contribution in [0.1, 0.15) is 6.42 Å². The van der Waals surface area contributed by atoms with Gasteiger partial charge in [-0.05, 0) is 0 Å². The lowest BCUT2D eigenvalue weighted by Crippen LogP contribution is -2.28. The van der Waals surface area contributed by atoms with Crippen molar-refractivity contribution < 1.29 is 9.59 Å². The third kappa shape index (κ3) is 1.68. The first-order valence-electron chi connectivity index (χ1n) is 4.38. The number of anilines is 1. The van der Waals surface area contributed by atoms with Gasteiger partial charge in [-0.3, -0.25) is 14.7 Å². The molecular weight excluding hydrogens is 220 g/mol. The molecule has 6 nitrogen and oxygen atoms in total. The van der Waals surface area contributed by atoms with Gasteiger partial charge in [0.2, 0.25) is 11.8 Å². The topological polar surface area (TPSA) is 92.1 Å². The summed E-state index contributed by atoms with van der Waals surface area (Å²) in [4.78, 5) is 23.9. The Morgan fingerprint density at radius 2 is 2.47 bits per heavy atom. The van der Waals surface area contributed by atoms with Crippen LogP contribution in [0.15, 0.2) is 6.20 Å². The van der Waals surface area contributed by atoms with Crippen molar-refractivity contribution >= 4 is 29.1 Å². The average Bonchev–Trinajstić information content (AvgIpc) is 2.71. The standard InChI is InChI=1S/C8H9ClN4O2/c9-7-5(2-11-12-7)13-3-4(8(10)15)1-6(13)14/h2,4H,1,3H2,(H2,10,15)(H,11,12). The number of aromatic amines is 1. The summed E-state index contributed by atoms with van der Waals surface area (Å²) in [5, 5.41) is 6.50. The van der Waals surface area contributed by atoms with Crippen LogP contribution in [0.25, 0.3) is 0 Å². The first-order chi connectivity index (χ1) is 7.09. The molecule has 0 aromatic carbocycles. The molecule has 1 aliphatic rings. The number of halogens is 1. The molecule has 0 radical (unpaired) electrons. The summed E-state index contributed by atoms with van der Waals surface area (Å²) in [7, 11) is 0. The maximum Gasteiger partial charge on any atom is 0.228 e. The molecule has 7 heteroatoms. The average molecular weight is 229 g/mol. The van der Waals surface area contributed by atoms with Crippen molar-refractivity contribution in [2.75, 3.05) is 11.4 Å². The Kier molecular flexibility index (Phi) is 2.36. The lowest BCUT2D eigenvalue weighted by atomic mass is 10.1. The van der Waals surface area contributed by atoms with Crippen molar-refractivity contribution in [1.82, 2.24) is 10.2 Å². The maximum absolute atomic E-state index is 11.6. The number of nitrogens with one attached hydrogen (secondary N) is 1. The maximum atomic E-state index is 11.6. The summed E-state index contributed by atoms with van der Waals surface area (Å²) in [5.74, 6) is -1.07. The highest BCUT2D eigenvalue weighted by atomic mass is 35.5. The molecule has 2 amide bonds. The zero-order chi connectivity index (χ0) is 11.0. The minimum Gasteiger partial charge on any atom is -0.369 e. The Labute approximate surface area is 90.4 Å². The molecule has 1 saturated heterocycles. The Bertz CT molecular complexity index is 417. The van der Waals surface area contributed by atoms with Crippen LogP contribution < -0.4 is 10.6 Å². The van der Waals surface area contributed by atoms with E-state index in [-0.39, 0.29) is 24.0 Å². The van der Waals surface area contributed by atoms with Gasteiger partial charge < -0.3 is 10.6 Å². The quantitative estimate of drug-likeness (QED) is 0.741. The van der Waals surface area contributed by atoms with Gasteiger partial charge in [-0.15, -0.1) is 0 Å². The number of nitrogens with two attached hydrogens (primary N) is 1. The predicted octanol–water partition coefficient (Wildman–Crippen LogP) is -0.0987. The fraction of sp³-hybridized carbons (Fsp3) is 0.375. The van der Waals surface area contributed by atoms with E-state index >= 15 is 0 Å². The van der Waals surface area contributed by atoms with Crippen molar-refractivity contribution in [3.8, 4) is 0 Å². The number of nitrogens with zero attached hydrogens (tertiary/aromatic N) is 2. The van der Waals surface area contributed by atoms with Crippen molar-refractivity contribution in [3.05, 3.63) is 11.3 Å². The van der Waals surface area contributed by atoms with Crippen LogP contribution >= 0.6 is 11.6 Å².